The lowest BCUT2D eigenvalue weighted by molar-refractivity contribution is -0.117. The lowest BCUT2D eigenvalue weighted by atomic mass is 10.1. The van der Waals surface area contributed by atoms with Crippen LogP contribution in [0.2, 0.25) is 0 Å². The first-order valence-electron chi connectivity index (χ1n) is 7.50. The van der Waals surface area contributed by atoms with Gasteiger partial charge in [0.1, 0.15) is 17.4 Å². The van der Waals surface area contributed by atoms with E-state index in [1.165, 1.54) is 25.3 Å². The Morgan fingerprint density at radius 3 is 2.55 bits per heavy atom. The van der Waals surface area contributed by atoms with Gasteiger partial charge in [-0.25, -0.2) is 0 Å². The zero-order valence-corrected chi connectivity index (χ0v) is 12.8. The number of nitrogens with one attached hydrogen (secondary N) is 1. The van der Waals surface area contributed by atoms with Gasteiger partial charge in [0.05, 0.1) is 6.61 Å². The van der Waals surface area contributed by atoms with Crippen LogP contribution in [0.3, 0.4) is 0 Å². The summed E-state index contributed by atoms with van der Waals surface area (Å²) in [5.74, 6) is -1.64. The summed E-state index contributed by atoms with van der Waals surface area (Å²) >= 11 is 0. The zero-order valence-electron chi connectivity index (χ0n) is 12.8. The molecule has 1 amide bonds. The van der Waals surface area contributed by atoms with E-state index in [0.717, 1.165) is 6.42 Å². The van der Waals surface area contributed by atoms with E-state index < -0.39 is 30.1 Å². The molecule has 0 aliphatic carbocycles. The molecule has 1 fully saturated rings. The van der Waals surface area contributed by atoms with Crippen LogP contribution in [0.15, 0.2) is 47.8 Å². The summed E-state index contributed by atoms with van der Waals surface area (Å²) < 4.78 is 0. The molecule has 1 atom stereocenters. The normalized spacial score (nSPS) is 21.5. The van der Waals surface area contributed by atoms with Crippen molar-refractivity contribution in [2.45, 2.75) is 38.6 Å². The molecule has 120 valence electrons. The van der Waals surface area contributed by atoms with E-state index in [2.05, 4.69) is 18.3 Å². The van der Waals surface area contributed by atoms with Crippen molar-refractivity contribution in [2.24, 2.45) is 0 Å². The second-order valence-electron chi connectivity index (χ2n) is 5.00. The molecule has 0 bridgehead atoms. The van der Waals surface area contributed by atoms with Crippen molar-refractivity contribution in [3.8, 4) is 0 Å². The topological polar surface area (TPSA) is 86.6 Å². The number of allylic oxidation sites excluding steroid dienone is 6. The second kappa shape index (κ2) is 9.73. The van der Waals surface area contributed by atoms with Crippen molar-refractivity contribution >= 4 is 11.7 Å². The molecular weight excluding hydrogens is 282 g/mol. The van der Waals surface area contributed by atoms with Gasteiger partial charge < -0.3 is 15.5 Å². The minimum absolute atomic E-state index is 0.307. The van der Waals surface area contributed by atoms with E-state index in [1.807, 2.05) is 12.2 Å². The van der Waals surface area contributed by atoms with Crippen molar-refractivity contribution in [3.63, 3.8) is 0 Å². The molecule has 1 aliphatic heterocycles. The zero-order chi connectivity index (χ0) is 16.4. The van der Waals surface area contributed by atoms with E-state index in [9.17, 15) is 14.7 Å². The summed E-state index contributed by atoms with van der Waals surface area (Å²) in [5, 5.41) is 21.0. The number of rotatable bonds is 8. The monoisotopic (exact) mass is 305 g/mol. The highest BCUT2D eigenvalue weighted by Gasteiger charge is 2.37. The fourth-order valence-electron chi connectivity index (χ4n) is 2.00. The maximum Gasteiger partial charge on any atom is 0.259 e. The first-order chi connectivity index (χ1) is 10.6. The highest BCUT2D eigenvalue weighted by Crippen LogP contribution is 2.14. The number of unbranched alkanes of at least 4 members (excludes halogenated alkanes) is 3. The molecule has 1 rings (SSSR count). The maximum absolute atomic E-state index is 11.7. The Balaban J connectivity index is 2.53. The summed E-state index contributed by atoms with van der Waals surface area (Å²) in [6, 6.07) is -0.959. The number of amides is 1. The van der Waals surface area contributed by atoms with Crippen molar-refractivity contribution in [3.05, 3.63) is 47.8 Å². The van der Waals surface area contributed by atoms with Crippen LogP contribution in [0.1, 0.15) is 32.6 Å². The fraction of sp³-hybridized carbons (Fsp3) is 0.412. The van der Waals surface area contributed by atoms with Crippen LogP contribution < -0.4 is 5.32 Å². The Morgan fingerprint density at radius 2 is 1.91 bits per heavy atom. The number of ketones is 1. The van der Waals surface area contributed by atoms with Gasteiger partial charge in [-0.1, -0.05) is 50.1 Å². The molecule has 0 aromatic rings. The molecule has 0 radical (unpaired) electrons. The summed E-state index contributed by atoms with van der Waals surface area (Å²) in [7, 11) is 0. The molecule has 3 N–H and O–H groups in total. The molecule has 22 heavy (non-hydrogen) atoms. The van der Waals surface area contributed by atoms with Crippen LogP contribution in [0, 0.1) is 0 Å². The van der Waals surface area contributed by atoms with E-state index >= 15 is 0 Å². The average Bonchev–Trinajstić information content (AvgIpc) is 2.79. The Kier molecular flexibility index (Phi) is 7.92. The van der Waals surface area contributed by atoms with Gasteiger partial charge in [-0.3, -0.25) is 9.59 Å². The molecule has 1 saturated heterocycles. The van der Waals surface area contributed by atoms with E-state index in [-0.39, 0.29) is 5.57 Å². The van der Waals surface area contributed by atoms with Crippen LogP contribution in [-0.2, 0) is 9.59 Å². The van der Waals surface area contributed by atoms with E-state index in [1.54, 1.807) is 12.2 Å². The molecular formula is C17H23NO4. The van der Waals surface area contributed by atoms with Gasteiger partial charge >= 0.3 is 0 Å². The van der Waals surface area contributed by atoms with Crippen LogP contribution in [-0.4, -0.2) is 34.6 Å². The van der Waals surface area contributed by atoms with Crippen molar-refractivity contribution in [1.82, 2.24) is 5.32 Å². The molecule has 5 nitrogen and oxygen atoms in total. The van der Waals surface area contributed by atoms with Gasteiger partial charge in [0.25, 0.3) is 5.91 Å². The van der Waals surface area contributed by atoms with E-state index in [0.29, 0.717) is 0 Å². The number of Topliss-reactive ketones (excluding diaryl/α,β-unsaturated/α-hetero) is 1. The quantitative estimate of drug-likeness (QED) is 0.211. The molecule has 1 heterocycles. The number of carbonyl (C=O) groups excluding carboxylic acids is 2. The van der Waals surface area contributed by atoms with Gasteiger partial charge in [0.15, 0.2) is 5.78 Å². The van der Waals surface area contributed by atoms with E-state index in [4.69, 9.17) is 5.11 Å². The number of aliphatic hydroxyl groups excluding tert-OH is 2. The van der Waals surface area contributed by atoms with Gasteiger partial charge in [0, 0.05) is 0 Å². The molecule has 1 aliphatic rings. The number of carbonyl (C=O) groups is 2. The lowest BCUT2D eigenvalue weighted by Crippen LogP contribution is -2.32. The van der Waals surface area contributed by atoms with Crippen LogP contribution >= 0.6 is 0 Å². The standard InChI is InChI=1S/C17H23NO4/c1-2-3-4-5-6-7-8-9-10-11-14(20)15-16(21)13(12-19)18-17(15)22/h6-11,13,19-20H,2-5,12H2,1H3,(H,18,22). The summed E-state index contributed by atoms with van der Waals surface area (Å²) in [6.07, 6.45) is 15.0. The highest BCUT2D eigenvalue weighted by molar-refractivity contribution is 6.27. The van der Waals surface area contributed by atoms with Gasteiger partial charge in [0.2, 0.25) is 0 Å². The summed E-state index contributed by atoms with van der Waals surface area (Å²) in [5.41, 5.74) is -0.307. The summed E-state index contributed by atoms with van der Waals surface area (Å²) in [4.78, 5) is 23.3. The van der Waals surface area contributed by atoms with Crippen molar-refractivity contribution in [1.29, 1.82) is 0 Å². The van der Waals surface area contributed by atoms with Gasteiger partial charge in [-0.15, -0.1) is 0 Å². The highest BCUT2D eigenvalue weighted by atomic mass is 16.3. The van der Waals surface area contributed by atoms with Crippen molar-refractivity contribution < 1.29 is 19.8 Å². The Morgan fingerprint density at radius 1 is 1.18 bits per heavy atom. The fourth-order valence-corrected chi connectivity index (χ4v) is 2.00. The number of hydrogen-bond acceptors (Lipinski definition) is 4. The Bertz CT molecular complexity index is 515. The second-order valence-corrected chi connectivity index (χ2v) is 5.00. The lowest BCUT2D eigenvalue weighted by Gasteiger charge is -2.00. The van der Waals surface area contributed by atoms with Crippen LogP contribution in [0.5, 0.6) is 0 Å². The van der Waals surface area contributed by atoms with Crippen LogP contribution in [0.25, 0.3) is 0 Å². The molecule has 0 aromatic heterocycles. The SMILES string of the molecule is CCCCCC=CC=CC=CC(O)=C1C(=O)NC(CO)C1=O. The Labute approximate surface area is 130 Å². The third-order valence-electron chi connectivity index (χ3n) is 3.23. The van der Waals surface area contributed by atoms with Crippen LogP contribution in [0.4, 0.5) is 0 Å². The molecule has 1 unspecified atom stereocenters. The first-order valence-corrected chi connectivity index (χ1v) is 7.50. The minimum Gasteiger partial charge on any atom is -0.507 e. The predicted molar refractivity (Wildman–Crippen MR) is 85.2 cm³/mol. The number of hydrogen-bond donors (Lipinski definition) is 3. The third kappa shape index (κ3) is 5.33. The molecule has 0 spiro atoms. The molecule has 5 heteroatoms. The Hall–Kier alpha value is -2.14. The maximum atomic E-state index is 11.7. The minimum atomic E-state index is -0.959. The van der Waals surface area contributed by atoms with Gasteiger partial charge in [-0.05, 0) is 18.9 Å². The summed E-state index contributed by atoms with van der Waals surface area (Å²) in [6.45, 7) is 1.68. The smallest absolute Gasteiger partial charge is 0.259 e. The number of aliphatic hydroxyl groups is 2. The van der Waals surface area contributed by atoms with Gasteiger partial charge in [-0.2, -0.15) is 0 Å². The first kappa shape index (κ1) is 17.9. The largest absolute Gasteiger partial charge is 0.507 e. The predicted octanol–water partition coefficient (Wildman–Crippen LogP) is 2.11. The third-order valence-corrected chi connectivity index (χ3v) is 3.23. The molecule has 0 saturated carbocycles. The average molecular weight is 305 g/mol. The van der Waals surface area contributed by atoms with Crippen molar-refractivity contribution in [2.75, 3.05) is 6.61 Å². The molecule has 0 aromatic carbocycles.